The molecule has 28 heavy (non-hydrogen) atoms. The summed E-state index contributed by atoms with van der Waals surface area (Å²) in [7, 11) is 0. The summed E-state index contributed by atoms with van der Waals surface area (Å²) in [5.74, 6) is 0.202. The van der Waals surface area contributed by atoms with Crippen molar-refractivity contribution in [3.8, 4) is 5.75 Å². The third kappa shape index (κ3) is 7.51. The van der Waals surface area contributed by atoms with E-state index in [1.54, 1.807) is 24.3 Å². The number of hydrogen-bond donors (Lipinski definition) is 0. The Labute approximate surface area is 167 Å². The number of azo groups is 1. The highest BCUT2D eigenvalue weighted by atomic mass is 16.5. The standard InChI is InChI=1S/C23H30N2O3/c1-3-5-7-8-10-23(26)28-22-17-15-21(16-18-22)25(27)24-20-13-11-19(12-14-20)9-6-4-2/h11-18H,3-10H2,1-2H3. The number of hydrogen-bond acceptors (Lipinski definition) is 4. The van der Waals surface area contributed by atoms with E-state index in [1.165, 1.54) is 5.56 Å². The Balaban J connectivity index is 1.90. The van der Waals surface area contributed by atoms with Crippen LogP contribution in [0.4, 0.5) is 11.4 Å². The topological polar surface area (TPSA) is 64.7 Å². The molecule has 5 heteroatoms. The van der Waals surface area contributed by atoms with E-state index >= 15 is 0 Å². The van der Waals surface area contributed by atoms with E-state index in [1.807, 2.05) is 24.3 Å². The number of carbonyl (C=O) groups is 1. The zero-order valence-corrected chi connectivity index (χ0v) is 16.9. The van der Waals surface area contributed by atoms with Gasteiger partial charge in [-0.15, -0.1) is 0 Å². The van der Waals surface area contributed by atoms with Gasteiger partial charge in [-0.3, -0.25) is 4.79 Å². The molecule has 0 aliphatic rings. The van der Waals surface area contributed by atoms with Crippen molar-refractivity contribution >= 4 is 17.3 Å². The second-order valence-electron chi connectivity index (χ2n) is 6.92. The van der Waals surface area contributed by atoms with Crippen molar-refractivity contribution < 1.29 is 14.4 Å². The van der Waals surface area contributed by atoms with Crippen molar-refractivity contribution in [1.29, 1.82) is 0 Å². The van der Waals surface area contributed by atoms with E-state index in [9.17, 15) is 10.0 Å². The van der Waals surface area contributed by atoms with Crippen molar-refractivity contribution in [3.63, 3.8) is 0 Å². The minimum absolute atomic E-state index is 0.240. The number of benzene rings is 2. The van der Waals surface area contributed by atoms with E-state index < -0.39 is 0 Å². The molecule has 0 aliphatic carbocycles. The Bertz CT molecular complexity index is 752. The first-order chi connectivity index (χ1) is 13.6. The lowest BCUT2D eigenvalue weighted by atomic mass is 10.1. The molecule has 0 radical (unpaired) electrons. The maximum atomic E-state index is 12.2. The number of carbonyl (C=O) groups excluding carboxylic acids is 1. The first-order valence-corrected chi connectivity index (χ1v) is 10.2. The lowest BCUT2D eigenvalue weighted by Crippen LogP contribution is -2.07. The van der Waals surface area contributed by atoms with Gasteiger partial charge in [-0.05, 0) is 49.1 Å². The van der Waals surface area contributed by atoms with E-state index in [-0.39, 0.29) is 5.97 Å². The monoisotopic (exact) mass is 382 g/mol. The fourth-order valence-corrected chi connectivity index (χ4v) is 2.79. The predicted molar refractivity (Wildman–Crippen MR) is 111 cm³/mol. The quantitative estimate of drug-likeness (QED) is 0.107. The first kappa shape index (κ1) is 21.6. The number of ether oxygens (including phenoxy) is 1. The molecule has 0 saturated carbocycles. The molecule has 0 atom stereocenters. The van der Waals surface area contributed by atoms with Crippen LogP contribution < -0.4 is 4.74 Å². The number of aryl methyl sites for hydroxylation is 1. The van der Waals surface area contributed by atoms with Crippen LogP contribution in [0.15, 0.2) is 53.6 Å². The minimum Gasteiger partial charge on any atom is -0.594 e. The van der Waals surface area contributed by atoms with Crippen LogP contribution in [0.2, 0.25) is 0 Å². The third-order valence-electron chi connectivity index (χ3n) is 4.49. The Morgan fingerprint density at radius 1 is 0.929 bits per heavy atom. The van der Waals surface area contributed by atoms with Crippen molar-refractivity contribution in [2.24, 2.45) is 5.11 Å². The van der Waals surface area contributed by atoms with Crippen LogP contribution in [0.3, 0.4) is 0 Å². The van der Waals surface area contributed by atoms with E-state index in [4.69, 9.17) is 4.74 Å². The van der Waals surface area contributed by atoms with Crippen LogP contribution >= 0.6 is 0 Å². The average molecular weight is 383 g/mol. The Morgan fingerprint density at radius 3 is 2.25 bits per heavy atom. The molecule has 5 nitrogen and oxygen atoms in total. The summed E-state index contributed by atoms with van der Waals surface area (Å²) >= 11 is 0. The van der Waals surface area contributed by atoms with Gasteiger partial charge in [-0.2, -0.15) is 0 Å². The highest BCUT2D eigenvalue weighted by Gasteiger charge is 2.08. The largest absolute Gasteiger partial charge is 0.594 e. The molecular formula is C23H30N2O3. The fraction of sp³-hybridized carbons (Fsp3) is 0.435. The predicted octanol–water partition coefficient (Wildman–Crippen LogP) is 6.83. The molecule has 0 spiro atoms. The van der Waals surface area contributed by atoms with Crippen LogP contribution in [-0.2, 0) is 11.2 Å². The molecule has 0 aliphatic heterocycles. The van der Waals surface area contributed by atoms with Gasteiger partial charge in [-0.1, -0.05) is 56.5 Å². The average Bonchev–Trinajstić information content (AvgIpc) is 2.71. The molecule has 0 heterocycles. The van der Waals surface area contributed by atoms with Gasteiger partial charge >= 0.3 is 5.97 Å². The van der Waals surface area contributed by atoms with Gasteiger partial charge in [0.05, 0.1) is 0 Å². The molecule has 0 unspecified atom stereocenters. The highest BCUT2D eigenvalue weighted by Crippen LogP contribution is 2.22. The maximum Gasteiger partial charge on any atom is 0.311 e. The summed E-state index contributed by atoms with van der Waals surface area (Å²) < 4.78 is 5.30. The van der Waals surface area contributed by atoms with Gasteiger partial charge in [0.2, 0.25) is 5.69 Å². The summed E-state index contributed by atoms with van der Waals surface area (Å²) in [6, 6.07) is 14.2. The smallest absolute Gasteiger partial charge is 0.311 e. The van der Waals surface area contributed by atoms with Crippen molar-refractivity contribution in [1.82, 2.24) is 0 Å². The zero-order chi connectivity index (χ0) is 20.2. The summed E-state index contributed by atoms with van der Waals surface area (Å²) in [6.07, 6.45) is 7.91. The van der Waals surface area contributed by atoms with Crippen LogP contribution in [0.25, 0.3) is 0 Å². The van der Waals surface area contributed by atoms with Gasteiger partial charge in [0.25, 0.3) is 0 Å². The minimum atomic E-state index is -0.240. The molecule has 2 rings (SSSR count). The SMILES string of the molecule is CCCCCCC(=O)Oc1ccc([N+]([O-])=Nc2ccc(CCCC)cc2)cc1. The number of rotatable bonds is 11. The van der Waals surface area contributed by atoms with Gasteiger partial charge in [0, 0.05) is 23.7 Å². The van der Waals surface area contributed by atoms with Crippen molar-refractivity contribution in [2.75, 3.05) is 0 Å². The lowest BCUT2D eigenvalue weighted by molar-refractivity contribution is -0.435. The van der Waals surface area contributed by atoms with Gasteiger partial charge in [0.1, 0.15) is 11.4 Å². The third-order valence-corrected chi connectivity index (χ3v) is 4.49. The fourth-order valence-electron chi connectivity index (χ4n) is 2.79. The lowest BCUT2D eigenvalue weighted by Gasteiger charge is -2.05. The molecule has 0 bridgehead atoms. The van der Waals surface area contributed by atoms with E-state index in [0.29, 0.717) is 28.4 Å². The molecule has 2 aromatic rings. The second kappa shape index (κ2) is 11.9. The molecular weight excluding hydrogens is 352 g/mol. The summed E-state index contributed by atoms with van der Waals surface area (Å²) in [5.41, 5.74) is 2.25. The molecule has 0 aromatic heterocycles. The molecule has 0 saturated heterocycles. The van der Waals surface area contributed by atoms with Crippen LogP contribution in [0.1, 0.15) is 64.4 Å². The van der Waals surface area contributed by atoms with Gasteiger partial charge in [-0.25, -0.2) is 0 Å². The normalized spacial score (nSPS) is 11.4. The van der Waals surface area contributed by atoms with Crippen molar-refractivity contribution in [2.45, 2.75) is 65.2 Å². The van der Waals surface area contributed by atoms with Crippen LogP contribution in [0, 0.1) is 5.21 Å². The highest BCUT2D eigenvalue weighted by molar-refractivity contribution is 5.72. The number of unbranched alkanes of at least 4 members (excludes halogenated alkanes) is 4. The van der Waals surface area contributed by atoms with Gasteiger partial charge < -0.3 is 9.94 Å². The second-order valence-corrected chi connectivity index (χ2v) is 6.92. The van der Waals surface area contributed by atoms with E-state index in [0.717, 1.165) is 44.9 Å². The zero-order valence-electron chi connectivity index (χ0n) is 16.9. The van der Waals surface area contributed by atoms with E-state index in [2.05, 4.69) is 19.0 Å². The molecule has 2 aromatic carbocycles. The summed E-state index contributed by atoms with van der Waals surface area (Å²) in [5, 5.41) is 16.3. The Morgan fingerprint density at radius 2 is 1.61 bits per heavy atom. The number of nitrogens with zero attached hydrogens (tertiary/aromatic N) is 2. The number of esters is 1. The Kier molecular flexibility index (Phi) is 9.19. The van der Waals surface area contributed by atoms with Gasteiger partial charge in [0.15, 0.2) is 0 Å². The maximum absolute atomic E-state index is 12.2. The molecule has 0 amide bonds. The van der Waals surface area contributed by atoms with Crippen LogP contribution in [0.5, 0.6) is 5.75 Å². The van der Waals surface area contributed by atoms with Crippen molar-refractivity contribution in [3.05, 3.63) is 59.3 Å². The first-order valence-electron chi connectivity index (χ1n) is 10.2. The summed E-state index contributed by atoms with van der Waals surface area (Å²) in [4.78, 5) is 12.4. The summed E-state index contributed by atoms with van der Waals surface area (Å²) in [6.45, 7) is 4.30. The molecule has 0 N–H and O–H groups in total. The Hall–Kier alpha value is -2.69. The molecule has 150 valence electrons. The van der Waals surface area contributed by atoms with Crippen LogP contribution in [-0.4, -0.2) is 10.8 Å². The molecule has 0 fully saturated rings.